The van der Waals surface area contributed by atoms with Crippen LogP contribution in [0.2, 0.25) is 0 Å². The fraction of sp³-hybridized carbons (Fsp3) is 0.600. The Labute approximate surface area is 129 Å². The largest absolute Gasteiger partial charge is 0.316 e. The van der Waals surface area contributed by atoms with E-state index in [0.29, 0.717) is 24.5 Å². The molecule has 0 heterocycles. The van der Waals surface area contributed by atoms with Gasteiger partial charge in [-0.2, -0.15) is 4.31 Å². The number of rotatable bonds is 8. The van der Waals surface area contributed by atoms with E-state index >= 15 is 0 Å². The predicted molar refractivity (Wildman–Crippen MR) is 86.8 cm³/mol. The molecular weight excluding hydrogens is 286 g/mol. The first-order chi connectivity index (χ1) is 9.82. The number of benzene rings is 1. The van der Waals surface area contributed by atoms with Gasteiger partial charge in [0.25, 0.3) is 0 Å². The van der Waals surface area contributed by atoms with Crippen LogP contribution in [0.1, 0.15) is 19.4 Å². The van der Waals surface area contributed by atoms with E-state index in [2.05, 4.69) is 5.32 Å². The van der Waals surface area contributed by atoms with Crippen LogP contribution in [0.4, 0.5) is 0 Å². The highest BCUT2D eigenvalue weighted by atomic mass is 32.2. The molecule has 1 atom stereocenters. The van der Waals surface area contributed by atoms with Crippen LogP contribution in [0.15, 0.2) is 29.2 Å². The predicted octanol–water partition coefficient (Wildman–Crippen LogP) is 1.37. The van der Waals surface area contributed by atoms with Gasteiger partial charge in [-0.05, 0) is 45.8 Å². The van der Waals surface area contributed by atoms with Gasteiger partial charge < -0.3 is 10.2 Å². The van der Waals surface area contributed by atoms with Crippen LogP contribution in [0, 0.1) is 0 Å². The summed E-state index contributed by atoms with van der Waals surface area (Å²) in [4.78, 5) is 2.36. The van der Waals surface area contributed by atoms with Crippen LogP contribution in [0.25, 0.3) is 0 Å². The second kappa shape index (κ2) is 7.89. The van der Waals surface area contributed by atoms with Crippen molar-refractivity contribution in [3.8, 4) is 0 Å². The van der Waals surface area contributed by atoms with Gasteiger partial charge in [-0.3, -0.25) is 0 Å². The summed E-state index contributed by atoms with van der Waals surface area (Å²) < 4.78 is 27.2. The highest BCUT2D eigenvalue weighted by Gasteiger charge is 2.28. The normalized spacial score (nSPS) is 13.9. The Morgan fingerprint density at radius 2 is 1.95 bits per heavy atom. The summed E-state index contributed by atoms with van der Waals surface area (Å²) in [5, 5.41) is 3.04. The molecule has 1 rings (SSSR count). The molecule has 0 aliphatic rings. The minimum absolute atomic E-state index is 0.0667. The average Bonchev–Trinajstić information content (AvgIpc) is 2.39. The SMILES string of the molecule is CCN(C(C)CN(C)C)S(=O)(=O)c1cccc(CNC)c1. The molecule has 120 valence electrons. The first kappa shape index (κ1) is 18.1. The maximum absolute atomic E-state index is 12.8. The third-order valence-corrected chi connectivity index (χ3v) is 5.40. The van der Waals surface area contributed by atoms with Crippen LogP contribution < -0.4 is 5.32 Å². The average molecular weight is 313 g/mol. The van der Waals surface area contributed by atoms with E-state index in [1.54, 1.807) is 22.5 Å². The molecule has 21 heavy (non-hydrogen) atoms. The molecule has 1 unspecified atom stereocenters. The van der Waals surface area contributed by atoms with Crippen molar-refractivity contribution in [1.82, 2.24) is 14.5 Å². The fourth-order valence-electron chi connectivity index (χ4n) is 2.49. The summed E-state index contributed by atoms with van der Waals surface area (Å²) in [6, 6.07) is 7.07. The van der Waals surface area contributed by atoms with Crippen LogP contribution in [0.5, 0.6) is 0 Å². The molecule has 1 aromatic carbocycles. The van der Waals surface area contributed by atoms with Crippen LogP contribution in [0.3, 0.4) is 0 Å². The lowest BCUT2D eigenvalue weighted by Crippen LogP contribution is -2.43. The third kappa shape index (κ3) is 4.78. The van der Waals surface area contributed by atoms with Crippen molar-refractivity contribution >= 4 is 10.0 Å². The third-order valence-electron chi connectivity index (χ3n) is 3.32. The van der Waals surface area contributed by atoms with Crippen molar-refractivity contribution < 1.29 is 8.42 Å². The molecule has 5 nitrogen and oxygen atoms in total. The van der Waals surface area contributed by atoms with Gasteiger partial charge in [-0.15, -0.1) is 0 Å². The molecule has 1 N–H and O–H groups in total. The monoisotopic (exact) mass is 313 g/mol. The molecule has 0 bridgehead atoms. The molecular formula is C15H27N3O2S. The molecule has 0 spiro atoms. The Hall–Kier alpha value is -0.950. The van der Waals surface area contributed by atoms with Crippen molar-refractivity contribution in [3.63, 3.8) is 0 Å². The van der Waals surface area contributed by atoms with Crippen molar-refractivity contribution in [2.24, 2.45) is 0 Å². The number of sulfonamides is 1. The summed E-state index contributed by atoms with van der Waals surface area (Å²) in [6.07, 6.45) is 0. The molecule has 0 amide bonds. The summed E-state index contributed by atoms with van der Waals surface area (Å²) in [7, 11) is 2.29. The van der Waals surface area contributed by atoms with Gasteiger partial charge in [-0.1, -0.05) is 19.1 Å². The maximum Gasteiger partial charge on any atom is 0.243 e. The number of likely N-dealkylation sites (N-methyl/N-ethyl adjacent to an activating group) is 2. The zero-order chi connectivity index (χ0) is 16.0. The van der Waals surface area contributed by atoms with Crippen molar-refractivity contribution in [2.75, 3.05) is 34.2 Å². The lowest BCUT2D eigenvalue weighted by molar-refractivity contribution is 0.271. The van der Waals surface area contributed by atoms with E-state index < -0.39 is 10.0 Å². The van der Waals surface area contributed by atoms with Gasteiger partial charge in [0.15, 0.2) is 0 Å². The van der Waals surface area contributed by atoms with Gasteiger partial charge in [0, 0.05) is 25.7 Å². The minimum atomic E-state index is -3.46. The quantitative estimate of drug-likeness (QED) is 0.787. The molecule has 0 aliphatic heterocycles. The summed E-state index contributed by atoms with van der Waals surface area (Å²) in [6.45, 7) is 5.64. The van der Waals surface area contributed by atoms with Gasteiger partial charge in [-0.25, -0.2) is 8.42 Å². The summed E-state index contributed by atoms with van der Waals surface area (Å²) in [5.74, 6) is 0. The number of hydrogen-bond acceptors (Lipinski definition) is 4. The standard InChI is InChI=1S/C15H27N3O2S/c1-6-18(13(2)12-17(4)5)21(19,20)15-9-7-8-14(10-15)11-16-3/h7-10,13,16H,6,11-12H2,1-5H3. The molecule has 6 heteroatoms. The highest BCUT2D eigenvalue weighted by Crippen LogP contribution is 2.19. The second-order valence-corrected chi connectivity index (χ2v) is 7.39. The van der Waals surface area contributed by atoms with Crippen LogP contribution in [-0.4, -0.2) is 57.9 Å². The number of hydrogen-bond donors (Lipinski definition) is 1. The number of nitrogens with one attached hydrogen (secondary N) is 1. The molecule has 1 aromatic rings. The Morgan fingerprint density at radius 1 is 1.29 bits per heavy atom. The molecule has 0 saturated carbocycles. The fourth-order valence-corrected chi connectivity index (χ4v) is 4.20. The van der Waals surface area contributed by atoms with Crippen LogP contribution in [-0.2, 0) is 16.6 Å². The molecule has 0 fully saturated rings. The molecule has 0 aliphatic carbocycles. The van der Waals surface area contributed by atoms with E-state index in [1.165, 1.54) is 0 Å². The highest BCUT2D eigenvalue weighted by molar-refractivity contribution is 7.89. The van der Waals surface area contributed by atoms with Gasteiger partial charge in [0.1, 0.15) is 0 Å². The second-order valence-electron chi connectivity index (χ2n) is 5.50. The van der Waals surface area contributed by atoms with Crippen molar-refractivity contribution in [3.05, 3.63) is 29.8 Å². The molecule has 0 saturated heterocycles. The Balaban J connectivity index is 3.09. The Morgan fingerprint density at radius 3 is 2.48 bits per heavy atom. The van der Waals surface area contributed by atoms with E-state index in [0.717, 1.165) is 5.56 Å². The van der Waals surface area contributed by atoms with E-state index in [4.69, 9.17) is 0 Å². The lowest BCUT2D eigenvalue weighted by Gasteiger charge is -2.29. The first-order valence-corrected chi connectivity index (χ1v) is 8.67. The van der Waals surface area contributed by atoms with Crippen molar-refractivity contribution in [2.45, 2.75) is 31.3 Å². The molecule has 0 aromatic heterocycles. The van der Waals surface area contributed by atoms with E-state index in [9.17, 15) is 8.42 Å². The Bertz CT molecular complexity index is 544. The zero-order valence-corrected chi connectivity index (χ0v) is 14.4. The smallest absolute Gasteiger partial charge is 0.243 e. The van der Waals surface area contributed by atoms with E-state index in [-0.39, 0.29) is 6.04 Å². The minimum Gasteiger partial charge on any atom is -0.316 e. The molecule has 0 radical (unpaired) electrons. The topological polar surface area (TPSA) is 52.7 Å². The summed E-state index contributed by atoms with van der Waals surface area (Å²) >= 11 is 0. The summed E-state index contributed by atoms with van der Waals surface area (Å²) in [5.41, 5.74) is 0.967. The van der Waals surface area contributed by atoms with Crippen molar-refractivity contribution in [1.29, 1.82) is 0 Å². The Kier molecular flexibility index (Phi) is 6.80. The van der Waals surface area contributed by atoms with Gasteiger partial charge >= 0.3 is 0 Å². The van der Waals surface area contributed by atoms with Crippen LogP contribution >= 0.6 is 0 Å². The number of nitrogens with zero attached hydrogens (tertiary/aromatic N) is 2. The van der Waals surface area contributed by atoms with E-state index in [1.807, 2.05) is 46.0 Å². The first-order valence-electron chi connectivity index (χ1n) is 7.23. The van der Waals surface area contributed by atoms with Gasteiger partial charge in [0.2, 0.25) is 10.0 Å². The lowest BCUT2D eigenvalue weighted by atomic mass is 10.2. The maximum atomic E-state index is 12.8. The zero-order valence-electron chi connectivity index (χ0n) is 13.6. The van der Waals surface area contributed by atoms with Gasteiger partial charge in [0.05, 0.1) is 4.90 Å².